The van der Waals surface area contributed by atoms with Crippen LogP contribution < -0.4 is 10.6 Å². The number of nitrogens with one attached hydrogen (secondary N) is 2. The molecular weight excluding hydrogens is 488 g/mol. The normalized spacial score (nSPS) is 15.9. The van der Waals surface area contributed by atoms with E-state index >= 15 is 0 Å². The van der Waals surface area contributed by atoms with Crippen LogP contribution in [0.3, 0.4) is 0 Å². The van der Waals surface area contributed by atoms with Crippen LogP contribution in [-0.4, -0.2) is 24.7 Å². The van der Waals surface area contributed by atoms with Crippen molar-refractivity contribution in [3.8, 4) is 0 Å². The number of hydrogen-bond donors (Lipinski definition) is 3. The Kier molecular flexibility index (Phi) is 9.83. The van der Waals surface area contributed by atoms with Crippen molar-refractivity contribution in [1.29, 1.82) is 0 Å². The van der Waals surface area contributed by atoms with E-state index in [0.29, 0.717) is 5.92 Å². The molecule has 0 heterocycles. The van der Waals surface area contributed by atoms with Gasteiger partial charge < -0.3 is 10.4 Å². The van der Waals surface area contributed by atoms with Crippen molar-refractivity contribution in [2.75, 3.05) is 19.6 Å². The summed E-state index contributed by atoms with van der Waals surface area (Å²) in [6.07, 6.45) is 7.73. The molecule has 0 aliphatic heterocycles. The molecule has 0 aromatic heterocycles. The third-order valence-electron chi connectivity index (χ3n) is 8.78. The van der Waals surface area contributed by atoms with Gasteiger partial charge >= 0.3 is 0 Å². The van der Waals surface area contributed by atoms with E-state index in [1.54, 1.807) is 0 Å². The van der Waals surface area contributed by atoms with Gasteiger partial charge in [-0.25, -0.2) is 0 Å². The molecule has 3 heteroatoms. The highest BCUT2D eigenvalue weighted by molar-refractivity contribution is 5.49. The molecule has 0 radical (unpaired) electrons. The fraction of sp³-hybridized carbons (Fsp3) is 0.351. The third-order valence-corrected chi connectivity index (χ3v) is 8.78. The minimum absolute atomic E-state index is 0.343. The van der Waals surface area contributed by atoms with Gasteiger partial charge in [0, 0.05) is 0 Å². The minimum atomic E-state index is -0.754. The Labute approximate surface area is 240 Å². The van der Waals surface area contributed by atoms with Crippen molar-refractivity contribution < 1.29 is 5.11 Å². The Bertz CT molecular complexity index is 1160. The lowest BCUT2D eigenvalue weighted by atomic mass is 9.72. The molecule has 0 amide bonds. The first-order valence-electron chi connectivity index (χ1n) is 15.1. The van der Waals surface area contributed by atoms with Gasteiger partial charge in [0.15, 0.2) is 0 Å². The van der Waals surface area contributed by atoms with E-state index in [1.807, 2.05) is 6.07 Å². The second kappa shape index (κ2) is 13.9. The van der Waals surface area contributed by atoms with Crippen molar-refractivity contribution >= 4 is 0 Å². The van der Waals surface area contributed by atoms with E-state index in [1.165, 1.54) is 36.0 Å². The topological polar surface area (TPSA) is 44.3 Å². The van der Waals surface area contributed by atoms with E-state index in [-0.39, 0.29) is 0 Å². The molecule has 0 saturated heterocycles. The molecule has 1 aliphatic rings. The molecule has 4 aromatic carbocycles. The Morgan fingerprint density at radius 3 is 1.48 bits per heavy atom. The van der Waals surface area contributed by atoms with Crippen LogP contribution >= 0.6 is 0 Å². The summed E-state index contributed by atoms with van der Waals surface area (Å²) in [4.78, 5) is 0. The van der Waals surface area contributed by atoms with Gasteiger partial charge in [0.05, 0.1) is 11.1 Å². The monoisotopic (exact) mass is 532 g/mol. The summed E-state index contributed by atoms with van der Waals surface area (Å²) >= 11 is 0. The van der Waals surface area contributed by atoms with Gasteiger partial charge in [-0.05, 0) is 73.5 Å². The molecule has 3 N–H and O–H groups in total. The average Bonchev–Trinajstić information content (AvgIpc) is 3.04. The van der Waals surface area contributed by atoms with E-state index in [4.69, 9.17) is 0 Å². The molecule has 1 aliphatic carbocycles. The second-order valence-electron chi connectivity index (χ2n) is 11.3. The highest BCUT2D eigenvalue weighted by atomic mass is 16.3. The molecular formula is C37H44N2O. The van der Waals surface area contributed by atoms with Crippen LogP contribution in [-0.2, 0) is 11.1 Å². The molecule has 208 valence electrons. The van der Waals surface area contributed by atoms with Gasteiger partial charge in [0.1, 0.15) is 0 Å². The molecule has 0 bridgehead atoms. The first-order chi connectivity index (χ1) is 19.7. The van der Waals surface area contributed by atoms with Crippen molar-refractivity contribution in [2.24, 2.45) is 5.92 Å². The van der Waals surface area contributed by atoms with Gasteiger partial charge in [-0.3, -0.25) is 5.32 Å². The summed E-state index contributed by atoms with van der Waals surface area (Å²) in [5.74, 6) is 0.343. The summed E-state index contributed by atoms with van der Waals surface area (Å²) in [5, 5.41) is 19.6. The first kappa shape index (κ1) is 28.3. The van der Waals surface area contributed by atoms with Crippen LogP contribution in [0.1, 0.15) is 67.2 Å². The maximum atomic E-state index is 11.9. The van der Waals surface area contributed by atoms with E-state index in [2.05, 4.69) is 126 Å². The number of aliphatic hydroxyl groups is 1. The van der Waals surface area contributed by atoms with Crippen LogP contribution in [0.5, 0.6) is 0 Å². The Morgan fingerprint density at radius 2 is 1.00 bits per heavy atom. The molecule has 0 spiro atoms. The SMILES string of the molecule is OC(CCNCCCNC(c1ccccc1)(c1ccccc1)c1ccccc1)(c1ccccc1)C1CCCCC1. The predicted octanol–water partition coefficient (Wildman–Crippen LogP) is 7.41. The Hall–Kier alpha value is -3.24. The maximum Gasteiger partial charge on any atom is 0.0947 e. The van der Waals surface area contributed by atoms with Gasteiger partial charge in [-0.1, -0.05) is 141 Å². The van der Waals surface area contributed by atoms with Gasteiger partial charge in [0.2, 0.25) is 0 Å². The lowest BCUT2D eigenvalue weighted by Gasteiger charge is -2.39. The summed E-state index contributed by atoms with van der Waals surface area (Å²) in [6, 6.07) is 42.7. The zero-order chi connectivity index (χ0) is 27.5. The van der Waals surface area contributed by atoms with Gasteiger partial charge in [0.25, 0.3) is 0 Å². The molecule has 1 fully saturated rings. The fourth-order valence-electron chi connectivity index (χ4n) is 6.65. The third kappa shape index (κ3) is 6.39. The minimum Gasteiger partial charge on any atom is -0.385 e. The first-order valence-corrected chi connectivity index (χ1v) is 15.1. The maximum absolute atomic E-state index is 11.9. The van der Waals surface area contributed by atoms with Crippen LogP contribution in [0.15, 0.2) is 121 Å². The summed E-state index contributed by atoms with van der Waals surface area (Å²) in [6.45, 7) is 2.57. The molecule has 1 unspecified atom stereocenters. The van der Waals surface area contributed by atoms with E-state index in [0.717, 1.165) is 50.9 Å². The van der Waals surface area contributed by atoms with Crippen molar-refractivity contribution in [3.05, 3.63) is 144 Å². The highest BCUT2D eigenvalue weighted by Gasteiger charge is 2.38. The molecule has 1 saturated carbocycles. The van der Waals surface area contributed by atoms with Crippen LogP contribution in [0.2, 0.25) is 0 Å². The van der Waals surface area contributed by atoms with Crippen LogP contribution in [0.4, 0.5) is 0 Å². The Balaban J connectivity index is 1.24. The summed E-state index contributed by atoms with van der Waals surface area (Å²) in [5.41, 5.74) is 3.60. The zero-order valence-electron chi connectivity index (χ0n) is 23.6. The smallest absolute Gasteiger partial charge is 0.0947 e. The van der Waals surface area contributed by atoms with Crippen molar-refractivity contribution in [1.82, 2.24) is 10.6 Å². The molecule has 4 aromatic rings. The average molecular weight is 533 g/mol. The van der Waals surface area contributed by atoms with Gasteiger partial charge in [-0.2, -0.15) is 0 Å². The van der Waals surface area contributed by atoms with E-state index < -0.39 is 11.1 Å². The van der Waals surface area contributed by atoms with Crippen molar-refractivity contribution in [3.63, 3.8) is 0 Å². The van der Waals surface area contributed by atoms with Crippen LogP contribution in [0.25, 0.3) is 0 Å². The molecule has 3 nitrogen and oxygen atoms in total. The molecule has 1 atom stereocenters. The number of benzene rings is 4. The van der Waals surface area contributed by atoms with Gasteiger partial charge in [-0.15, -0.1) is 0 Å². The molecule has 5 rings (SSSR count). The standard InChI is InChI=1S/C37H44N2O/c40-36(31-17-6-1-7-18-31,32-19-8-2-9-20-32)27-30-38-28-16-29-39-37(33-21-10-3-11-22-33,34-23-12-4-13-24-34)35-25-14-5-15-26-35/h1,3-7,10-15,17-18,21-26,32,38-40H,2,8-9,16,19-20,27-30H2. The highest BCUT2D eigenvalue weighted by Crippen LogP contribution is 2.41. The molecule has 40 heavy (non-hydrogen) atoms. The van der Waals surface area contributed by atoms with Crippen molar-refractivity contribution in [2.45, 2.75) is 56.1 Å². The number of hydrogen-bond acceptors (Lipinski definition) is 3. The number of rotatable bonds is 13. The lowest BCUT2D eigenvalue weighted by molar-refractivity contribution is -0.0455. The quantitative estimate of drug-likeness (QED) is 0.124. The second-order valence-corrected chi connectivity index (χ2v) is 11.3. The lowest BCUT2D eigenvalue weighted by Crippen LogP contribution is -2.45. The predicted molar refractivity (Wildman–Crippen MR) is 166 cm³/mol. The fourth-order valence-corrected chi connectivity index (χ4v) is 6.65. The van der Waals surface area contributed by atoms with E-state index in [9.17, 15) is 5.11 Å². The zero-order valence-corrected chi connectivity index (χ0v) is 23.6. The Morgan fingerprint density at radius 1 is 0.550 bits per heavy atom. The summed E-state index contributed by atoms with van der Waals surface area (Å²) < 4.78 is 0. The van der Waals surface area contributed by atoms with Crippen LogP contribution in [0, 0.1) is 5.92 Å². The summed E-state index contributed by atoms with van der Waals surface area (Å²) in [7, 11) is 0. The largest absolute Gasteiger partial charge is 0.385 e.